The average Bonchev–Trinajstić information content (AvgIpc) is 3.29. The number of hydrogen-bond acceptors (Lipinski definition) is 6. The number of carboxylic acid groups (broad SMARTS) is 1. The maximum absolute atomic E-state index is 13.8. The second-order valence-corrected chi connectivity index (χ2v) is 11.7. The molecule has 0 bridgehead atoms. The van der Waals surface area contributed by atoms with E-state index in [2.05, 4.69) is 29.6 Å². The monoisotopic (exact) mass is 573 g/mol. The fraction of sp³-hybridized carbons (Fsp3) is 0.344. The Hall–Kier alpha value is -3.82. The molecule has 1 fully saturated rings. The predicted octanol–water partition coefficient (Wildman–Crippen LogP) is 4.44. The van der Waals surface area contributed by atoms with Gasteiger partial charge in [-0.15, -0.1) is 0 Å². The predicted molar refractivity (Wildman–Crippen MR) is 160 cm³/mol. The number of thioether (sulfide) groups is 1. The smallest absolute Gasteiger partial charge is 0.407 e. The van der Waals surface area contributed by atoms with E-state index in [9.17, 15) is 19.5 Å². The van der Waals surface area contributed by atoms with Gasteiger partial charge in [0.25, 0.3) is 0 Å². The summed E-state index contributed by atoms with van der Waals surface area (Å²) >= 11 is 1.64. The zero-order valence-corrected chi connectivity index (χ0v) is 23.9. The summed E-state index contributed by atoms with van der Waals surface area (Å²) in [4.78, 5) is 42.1. The number of amides is 2. The first-order valence-electron chi connectivity index (χ1n) is 13.8. The van der Waals surface area contributed by atoms with Crippen molar-refractivity contribution < 1.29 is 24.2 Å². The Kier molecular flexibility index (Phi) is 9.26. The van der Waals surface area contributed by atoms with E-state index in [4.69, 9.17) is 4.74 Å². The molecule has 1 aliphatic heterocycles. The van der Waals surface area contributed by atoms with Crippen LogP contribution in [0.25, 0.3) is 11.1 Å². The van der Waals surface area contributed by atoms with Crippen molar-refractivity contribution in [2.75, 3.05) is 38.2 Å². The number of carboxylic acids is 1. The van der Waals surface area contributed by atoms with E-state index in [0.29, 0.717) is 18.8 Å². The van der Waals surface area contributed by atoms with Gasteiger partial charge >= 0.3 is 12.1 Å². The molecule has 1 aliphatic carbocycles. The van der Waals surface area contributed by atoms with E-state index in [0.717, 1.165) is 33.6 Å². The minimum Gasteiger partial charge on any atom is -0.481 e. The number of carbonyl (C=O) groups is 3. The Bertz CT molecular complexity index is 1340. The van der Waals surface area contributed by atoms with Gasteiger partial charge in [0.1, 0.15) is 12.6 Å². The number of benzene rings is 3. The fourth-order valence-electron chi connectivity index (χ4n) is 5.75. The molecule has 214 valence electrons. The van der Waals surface area contributed by atoms with E-state index in [-0.39, 0.29) is 31.4 Å². The van der Waals surface area contributed by atoms with E-state index in [1.54, 1.807) is 16.7 Å². The summed E-state index contributed by atoms with van der Waals surface area (Å²) < 4.78 is 5.76. The van der Waals surface area contributed by atoms with Crippen LogP contribution in [0.1, 0.15) is 29.0 Å². The molecule has 1 heterocycles. The van der Waals surface area contributed by atoms with Gasteiger partial charge in [0.05, 0.1) is 12.5 Å². The number of nitrogens with zero attached hydrogens (tertiary/aromatic N) is 2. The third-order valence-electron chi connectivity index (χ3n) is 7.64. The van der Waals surface area contributed by atoms with E-state index in [1.807, 2.05) is 66.5 Å². The molecule has 5 rings (SSSR count). The highest BCUT2D eigenvalue weighted by molar-refractivity contribution is 7.99. The van der Waals surface area contributed by atoms with Crippen molar-refractivity contribution in [1.82, 2.24) is 15.1 Å². The minimum atomic E-state index is -0.947. The first kappa shape index (κ1) is 28.7. The van der Waals surface area contributed by atoms with Crippen LogP contribution in [0.4, 0.5) is 4.79 Å². The second kappa shape index (κ2) is 13.2. The van der Waals surface area contributed by atoms with Crippen LogP contribution in [-0.2, 0) is 20.9 Å². The Morgan fingerprint density at radius 1 is 1.00 bits per heavy atom. The highest BCUT2D eigenvalue weighted by Crippen LogP contribution is 2.44. The lowest BCUT2D eigenvalue weighted by atomic mass is 9.98. The quantitative estimate of drug-likeness (QED) is 0.370. The molecule has 2 aliphatic rings. The molecule has 2 amide bonds. The summed E-state index contributed by atoms with van der Waals surface area (Å²) in [5.74, 6) is -0.0563. The van der Waals surface area contributed by atoms with Crippen molar-refractivity contribution in [3.8, 4) is 11.1 Å². The molecular formula is C32H35N3O5S. The number of fused-ring (bicyclic) bond motifs is 3. The van der Waals surface area contributed by atoms with Crippen LogP contribution >= 0.6 is 11.8 Å². The van der Waals surface area contributed by atoms with Crippen LogP contribution in [0.2, 0.25) is 0 Å². The number of hydrogen-bond donors (Lipinski definition) is 2. The van der Waals surface area contributed by atoms with E-state index >= 15 is 0 Å². The number of aliphatic carboxylic acids is 1. The van der Waals surface area contributed by atoms with Gasteiger partial charge in [-0.25, -0.2) is 4.79 Å². The van der Waals surface area contributed by atoms with Crippen LogP contribution in [0.5, 0.6) is 0 Å². The molecule has 2 atom stereocenters. The summed E-state index contributed by atoms with van der Waals surface area (Å²) in [5.41, 5.74) is 5.58. The zero-order valence-electron chi connectivity index (χ0n) is 23.1. The van der Waals surface area contributed by atoms with Crippen LogP contribution < -0.4 is 5.32 Å². The zero-order chi connectivity index (χ0) is 28.8. The number of ether oxygens (including phenoxy) is 1. The van der Waals surface area contributed by atoms with Gasteiger partial charge in [-0.1, -0.05) is 78.9 Å². The number of carbonyl (C=O) groups excluding carboxylic acids is 2. The lowest BCUT2D eigenvalue weighted by Crippen LogP contribution is -2.58. The third-order valence-corrected chi connectivity index (χ3v) is 8.74. The maximum atomic E-state index is 13.8. The van der Waals surface area contributed by atoms with Crippen LogP contribution in [0.15, 0.2) is 78.9 Å². The molecule has 0 spiro atoms. The lowest BCUT2D eigenvalue weighted by Gasteiger charge is -2.37. The fourth-order valence-corrected chi connectivity index (χ4v) is 6.82. The van der Waals surface area contributed by atoms with Crippen molar-refractivity contribution in [3.05, 3.63) is 95.6 Å². The van der Waals surface area contributed by atoms with Crippen molar-refractivity contribution >= 4 is 29.7 Å². The van der Waals surface area contributed by atoms with Crippen LogP contribution in [0, 0.1) is 0 Å². The Morgan fingerprint density at radius 3 is 2.29 bits per heavy atom. The molecule has 2 unspecified atom stereocenters. The molecule has 1 saturated heterocycles. The van der Waals surface area contributed by atoms with Crippen molar-refractivity contribution in [2.45, 2.75) is 31.0 Å². The number of alkyl carbamates (subject to hydrolysis) is 1. The van der Waals surface area contributed by atoms with Gasteiger partial charge < -0.3 is 20.1 Å². The maximum Gasteiger partial charge on any atom is 0.407 e. The number of rotatable bonds is 10. The molecule has 2 N–H and O–H groups in total. The third kappa shape index (κ3) is 6.92. The Balaban J connectivity index is 1.30. The Labute approximate surface area is 244 Å². The summed E-state index contributed by atoms with van der Waals surface area (Å²) in [6.07, 6.45) is -0.796. The van der Waals surface area contributed by atoms with Crippen molar-refractivity contribution in [1.29, 1.82) is 0 Å². The molecule has 3 aromatic carbocycles. The topological polar surface area (TPSA) is 99.2 Å². The molecule has 9 heteroatoms. The Morgan fingerprint density at radius 2 is 1.63 bits per heavy atom. The SMILES string of the molecule is CN(Cc1ccccc1)CC(NC(=O)OCC1c2ccccc2-c2ccccc21)C(=O)N1CCSCC1CC(=O)O. The number of nitrogens with one attached hydrogen (secondary N) is 1. The molecular weight excluding hydrogens is 538 g/mol. The molecule has 3 aromatic rings. The van der Waals surface area contributed by atoms with Gasteiger partial charge in [-0.3, -0.25) is 14.5 Å². The first-order valence-corrected chi connectivity index (χ1v) is 15.0. The van der Waals surface area contributed by atoms with Gasteiger partial charge in [0.2, 0.25) is 5.91 Å². The van der Waals surface area contributed by atoms with Crippen LogP contribution in [-0.4, -0.2) is 83.2 Å². The minimum absolute atomic E-state index is 0.0953. The largest absolute Gasteiger partial charge is 0.481 e. The highest BCUT2D eigenvalue weighted by Gasteiger charge is 2.35. The molecule has 0 saturated carbocycles. The molecule has 8 nitrogen and oxygen atoms in total. The van der Waals surface area contributed by atoms with Gasteiger partial charge in [-0.05, 0) is 34.9 Å². The summed E-state index contributed by atoms with van der Waals surface area (Å²) in [7, 11) is 1.90. The molecule has 0 radical (unpaired) electrons. The molecule has 41 heavy (non-hydrogen) atoms. The summed E-state index contributed by atoms with van der Waals surface area (Å²) in [6, 6.07) is 24.8. The van der Waals surface area contributed by atoms with E-state index < -0.39 is 24.1 Å². The van der Waals surface area contributed by atoms with E-state index in [1.165, 1.54) is 0 Å². The molecule has 0 aromatic heterocycles. The first-order chi connectivity index (χ1) is 19.9. The van der Waals surface area contributed by atoms with Crippen molar-refractivity contribution in [3.63, 3.8) is 0 Å². The standard InChI is InChI=1S/C32H35N3O5S/c1-34(18-22-9-3-2-4-10-22)19-29(31(38)35-15-16-41-21-23(35)17-30(36)37)33-32(39)40-20-28-26-13-7-5-11-24(26)25-12-6-8-14-27(25)28/h2-14,23,28-29H,15-21H2,1H3,(H,33,39)(H,36,37). The average molecular weight is 574 g/mol. The highest BCUT2D eigenvalue weighted by atomic mass is 32.2. The normalized spacial score (nSPS) is 17.0. The second-order valence-electron chi connectivity index (χ2n) is 10.6. The lowest BCUT2D eigenvalue weighted by molar-refractivity contribution is -0.141. The summed E-state index contributed by atoms with van der Waals surface area (Å²) in [6.45, 7) is 1.42. The number of likely N-dealkylation sites (N-methyl/N-ethyl adjacent to an activating group) is 1. The summed E-state index contributed by atoms with van der Waals surface area (Å²) in [5, 5.41) is 12.3. The van der Waals surface area contributed by atoms with Crippen molar-refractivity contribution in [2.24, 2.45) is 0 Å². The van der Waals surface area contributed by atoms with Gasteiger partial charge in [-0.2, -0.15) is 11.8 Å². The van der Waals surface area contributed by atoms with Gasteiger partial charge in [0.15, 0.2) is 0 Å². The van der Waals surface area contributed by atoms with Gasteiger partial charge in [0, 0.05) is 37.1 Å². The van der Waals surface area contributed by atoms with Crippen LogP contribution in [0.3, 0.4) is 0 Å².